The molecule has 209 valence electrons. The highest BCUT2D eigenvalue weighted by atomic mass is 31.1. The highest BCUT2D eigenvalue weighted by Gasteiger charge is 2.43. The SMILES string of the molecule is C[C@H]([C]1[CH][CH][CH][C]1P(c1ccccc1)c1ccccc1)P(c1ccc(C(F)(F)F)cc1)c1ccc(C(F)(F)F)cc1. The molecule has 4 aromatic carbocycles. The number of alkyl halides is 6. The van der Waals surface area contributed by atoms with Crippen LogP contribution in [0, 0.1) is 30.8 Å². The van der Waals surface area contributed by atoms with E-state index in [-0.39, 0.29) is 5.66 Å². The highest BCUT2D eigenvalue weighted by molar-refractivity contribution is 7.76. The van der Waals surface area contributed by atoms with Crippen molar-refractivity contribution in [2.75, 3.05) is 0 Å². The number of halogens is 6. The molecule has 0 N–H and O–H groups in total. The average molecular weight is 597 g/mol. The van der Waals surface area contributed by atoms with Crippen LogP contribution in [0.2, 0.25) is 0 Å². The third-order valence-corrected chi connectivity index (χ3v) is 12.2. The van der Waals surface area contributed by atoms with Crippen LogP contribution in [0.5, 0.6) is 0 Å². The van der Waals surface area contributed by atoms with Crippen molar-refractivity contribution in [3.63, 3.8) is 0 Å². The summed E-state index contributed by atoms with van der Waals surface area (Å²) in [5.74, 6) is 1.04. The fraction of sp³-hybridized carbons (Fsp3) is 0.121. The fourth-order valence-electron chi connectivity index (χ4n) is 4.92. The Balaban J connectivity index is 1.56. The molecule has 0 spiro atoms. The molecule has 4 aromatic rings. The molecule has 0 saturated heterocycles. The van der Waals surface area contributed by atoms with Crippen molar-refractivity contribution in [2.45, 2.75) is 24.9 Å². The minimum atomic E-state index is -4.48. The van der Waals surface area contributed by atoms with E-state index in [1.165, 1.54) is 24.3 Å². The molecule has 0 heterocycles. The summed E-state index contributed by atoms with van der Waals surface area (Å²) in [7, 11) is -2.32. The van der Waals surface area contributed by atoms with Crippen molar-refractivity contribution in [1.29, 1.82) is 0 Å². The maximum absolute atomic E-state index is 13.3. The van der Waals surface area contributed by atoms with Gasteiger partial charge in [0, 0.05) is 5.66 Å². The van der Waals surface area contributed by atoms with E-state index in [9.17, 15) is 26.3 Å². The highest BCUT2D eigenvalue weighted by Crippen LogP contribution is 2.61. The van der Waals surface area contributed by atoms with Crippen LogP contribution in [-0.2, 0) is 12.4 Å². The maximum atomic E-state index is 13.3. The van der Waals surface area contributed by atoms with Gasteiger partial charge in [-0.3, -0.25) is 0 Å². The smallest absolute Gasteiger partial charge is 0.166 e. The molecule has 8 heteroatoms. The van der Waals surface area contributed by atoms with Gasteiger partial charge in [0.2, 0.25) is 0 Å². The Morgan fingerprint density at radius 1 is 0.512 bits per heavy atom. The lowest BCUT2D eigenvalue weighted by molar-refractivity contribution is -0.138. The van der Waals surface area contributed by atoms with Gasteiger partial charge in [-0.1, -0.05) is 91.9 Å². The van der Waals surface area contributed by atoms with E-state index >= 15 is 0 Å². The molecule has 1 atom stereocenters. The zero-order valence-corrected chi connectivity index (χ0v) is 23.7. The molecule has 0 amide bonds. The van der Waals surface area contributed by atoms with Crippen molar-refractivity contribution >= 4 is 37.1 Å². The van der Waals surface area contributed by atoms with E-state index in [0.29, 0.717) is 10.6 Å². The van der Waals surface area contributed by atoms with Crippen LogP contribution in [0.15, 0.2) is 109 Å². The predicted octanol–water partition coefficient (Wildman–Crippen LogP) is 8.41. The van der Waals surface area contributed by atoms with Crippen LogP contribution < -0.4 is 21.2 Å². The Kier molecular flexibility index (Phi) is 8.92. The number of benzene rings is 4. The summed E-state index contributed by atoms with van der Waals surface area (Å²) in [6, 6.07) is 30.3. The normalized spacial score (nSPS) is 16.0. The molecule has 5 radical (unpaired) electrons. The predicted molar refractivity (Wildman–Crippen MR) is 157 cm³/mol. The molecule has 1 aliphatic rings. The lowest BCUT2D eigenvalue weighted by atomic mass is 10.0. The summed E-state index contributed by atoms with van der Waals surface area (Å²) in [4.78, 5) is 0. The molecule has 0 aromatic heterocycles. The lowest BCUT2D eigenvalue weighted by Gasteiger charge is -2.36. The van der Waals surface area contributed by atoms with Crippen LogP contribution in [0.3, 0.4) is 0 Å². The van der Waals surface area contributed by atoms with Gasteiger partial charge in [0.15, 0.2) is 0 Å². The molecule has 0 nitrogen and oxygen atoms in total. The van der Waals surface area contributed by atoms with Crippen LogP contribution in [0.25, 0.3) is 0 Å². The quantitative estimate of drug-likeness (QED) is 0.148. The Labute approximate surface area is 239 Å². The second-order valence-corrected chi connectivity index (χ2v) is 14.2. The van der Waals surface area contributed by atoms with Gasteiger partial charge in [0.25, 0.3) is 0 Å². The largest absolute Gasteiger partial charge is 0.416 e. The van der Waals surface area contributed by atoms with Gasteiger partial charge in [-0.2, -0.15) is 26.3 Å². The molecule has 0 bridgehead atoms. The van der Waals surface area contributed by atoms with Crippen LogP contribution in [0.4, 0.5) is 26.3 Å². The Hall–Kier alpha value is -2.68. The van der Waals surface area contributed by atoms with Crippen molar-refractivity contribution in [3.05, 3.63) is 151 Å². The second kappa shape index (κ2) is 12.3. The second-order valence-electron chi connectivity index (χ2n) is 9.51. The van der Waals surface area contributed by atoms with Gasteiger partial charge in [0.05, 0.1) is 11.1 Å². The van der Waals surface area contributed by atoms with Gasteiger partial charge in [-0.25, -0.2) is 0 Å². The monoisotopic (exact) mass is 597 g/mol. The van der Waals surface area contributed by atoms with Gasteiger partial charge in [0.1, 0.15) is 0 Å². The maximum Gasteiger partial charge on any atom is 0.416 e. The Morgan fingerprint density at radius 3 is 1.32 bits per heavy atom. The van der Waals surface area contributed by atoms with E-state index in [1.807, 2.05) is 56.2 Å². The Bertz CT molecular complexity index is 1300. The molecular formula is C33H25F6P2. The zero-order valence-electron chi connectivity index (χ0n) is 21.9. The molecule has 41 heavy (non-hydrogen) atoms. The topological polar surface area (TPSA) is 0 Å². The van der Waals surface area contributed by atoms with Crippen molar-refractivity contribution in [2.24, 2.45) is 0 Å². The summed E-state index contributed by atoms with van der Waals surface area (Å²) in [6.45, 7) is 2.02. The van der Waals surface area contributed by atoms with Crippen molar-refractivity contribution in [3.8, 4) is 0 Å². The fourth-order valence-corrected chi connectivity index (χ4v) is 10.2. The third kappa shape index (κ3) is 6.71. The standard InChI is InChI=1S/C33H25F6P2/c1-23(30-13-8-14-31(30)41(26-9-4-2-5-10-26)27-11-6-3-7-12-27)40(28-19-15-24(16-20-28)32(34,35)36)29-21-17-25(18-22-29)33(37,38)39/h2-23H,1H3/t23-/m1/s1. The van der Waals surface area contributed by atoms with Gasteiger partial charge in [-0.05, 0) is 92.2 Å². The van der Waals surface area contributed by atoms with E-state index in [1.54, 1.807) is 0 Å². The first-order valence-corrected chi connectivity index (χ1v) is 15.6. The zero-order chi connectivity index (χ0) is 29.2. The number of hydrogen-bond acceptors (Lipinski definition) is 0. The van der Waals surface area contributed by atoms with Crippen molar-refractivity contribution in [1.82, 2.24) is 0 Å². The first kappa shape index (κ1) is 29.8. The van der Waals surface area contributed by atoms with Gasteiger partial charge < -0.3 is 0 Å². The summed E-state index contributed by atoms with van der Waals surface area (Å²) < 4.78 is 80.1. The molecule has 0 aliphatic heterocycles. The van der Waals surface area contributed by atoms with E-state index in [2.05, 4.69) is 30.7 Å². The van der Waals surface area contributed by atoms with Gasteiger partial charge >= 0.3 is 12.4 Å². The Morgan fingerprint density at radius 2 is 0.927 bits per heavy atom. The van der Waals surface area contributed by atoms with Crippen molar-refractivity contribution < 1.29 is 26.3 Å². The van der Waals surface area contributed by atoms with Gasteiger partial charge in [-0.15, -0.1) is 0 Å². The molecular weight excluding hydrogens is 572 g/mol. The van der Waals surface area contributed by atoms with Crippen LogP contribution in [0.1, 0.15) is 18.1 Å². The lowest BCUT2D eigenvalue weighted by Crippen LogP contribution is -2.29. The van der Waals surface area contributed by atoms with Crippen LogP contribution in [-0.4, -0.2) is 5.66 Å². The van der Waals surface area contributed by atoms with E-state index in [4.69, 9.17) is 0 Å². The minimum Gasteiger partial charge on any atom is -0.166 e. The first-order valence-electron chi connectivity index (χ1n) is 12.8. The molecule has 0 unspecified atom stereocenters. The molecule has 5 rings (SSSR count). The van der Waals surface area contributed by atoms with E-state index < -0.39 is 39.3 Å². The average Bonchev–Trinajstić information content (AvgIpc) is 3.43. The summed E-state index contributed by atoms with van der Waals surface area (Å²) in [6.07, 6.45) is -2.87. The van der Waals surface area contributed by atoms with Crippen LogP contribution >= 0.6 is 15.8 Å². The first-order chi connectivity index (χ1) is 19.5. The summed E-state index contributed by atoms with van der Waals surface area (Å²) in [5.41, 5.74) is -0.596. The minimum absolute atomic E-state index is 0.194. The number of rotatable bonds is 7. The molecule has 1 aliphatic carbocycles. The third-order valence-electron chi connectivity index (χ3n) is 6.88. The summed E-state index contributed by atoms with van der Waals surface area (Å²) >= 11 is 0. The molecule has 1 saturated carbocycles. The number of hydrogen-bond donors (Lipinski definition) is 0. The summed E-state index contributed by atoms with van der Waals surface area (Å²) in [5, 5.41) is 3.63. The van der Waals surface area contributed by atoms with E-state index in [0.717, 1.165) is 46.5 Å². The molecule has 1 fully saturated rings.